The van der Waals surface area contributed by atoms with Crippen LogP contribution < -0.4 is 0 Å². The van der Waals surface area contributed by atoms with Crippen molar-refractivity contribution in [3.63, 3.8) is 0 Å². The zero-order valence-electron chi connectivity index (χ0n) is 12.0. The summed E-state index contributed by atoms with van der Waals surface area (Å²) in [7, 11) is 0. The Labute approximate surface area is 111 Å². The number of rotatable bonds is 12. The molecule has 0 aliphatic carbocycles. The monoisotopic (exact) mass is 259 g/mol. The second kappa shape index (κ2) is 12.8. The first kappa shape index (κ1) is 17.4. The maximum Gasteiger partial charge on any atom is 0.219 e. The van der Waals surface area contributed by atoms with Crippen LogP contribution in [-0.2, 0) is 9.53 Å². The van der Waals surface area contributed by atoms with Gasteiger partial charge in [0, 0.05) is 20.0 Å². The van der Waals surface area contributed by atoms with Crippen LogP contribution in [0.3, 0.4) is 0 Å². The number of nitrogens with zero attached hydrogens (tertiary/aromatic N) is 1. The lowest BCUT2D eigenvalue weighted by Crippen LogP contribution is -2.33. The number of ether oxygens (including phenoxy) is 1. The Kier molecular flexibility index (Phi) is 12.4. The fraction of sp³-hybridized carbons (Fsp3) is 0.929. The largest absolute Gasteiger partial charge is 0.394 e. The van der Waals surface area contributed by atoms with Crippen molar-refractivity contribution < 1.29 is 14.6 Å². The molecule has 0 aromatic rings. The standard InChI is InChI=1S/C14H29NO3/c1-3-4-5-6-7-8-9-15(14(2)17)10-12-18-13-11-16/h16H,3-13H2,1-2H3. The molecule has 0 aliphatic rings. The number of unbranched alkanes of at least 4 members (excludes halogenated alkanes) is 5. The van der Waals surface area contributed by atoms with Gasteiger partial charge in [-0.2, -0.15) is 0 Å². The molecule has 1 N–H and O–H groups in total. The summed E-state index contributed by atoms with van der Waals surface area (Å²) in [6.07, 6.45) is 7.41. The highest BCUT2D eigenvalue weighted by Crippen LogP contribution is 2.06. The van der Waals surface area contributed by atoms with Crippen LogP contribution in [0, 0.1) is 0 Å². The van der Waals surface area contributed by atoms with Gasteiger partial charge in [-0.15, -0.1) is 0 Å². The van der Waals surface area contributed by atoms with Crippen LogP contribution in [0.15, 0.2) is 0 Å². The molecule has 4 nitrogen and oxygen atoms in total. The summed E-state index contributed by atoms with van der Waals surface area (Å²) in [6, 6.07) is 0. The van der Waals surface area contributed by atoms with Gasteiger partial charge < -0.3 is 14.7 Å². The van der Waals surface area contributed by atoms with Crippen molar-refractivity contribution in [3.8, 4) is 0 Å². The molecule has 0 aromatic carbocycles. The molecule has 0 spiro atoms. The van der Waals surface area contributed by atoms with Gasteiger partial charge in [-0.1, -0.05) is 39.0 Å². The molecular formula is C14H29NO3. The summed E-state index contributed by atoms with van der Waals surface area (Å²) < 4.78 is 5.18. The van der Waals surface area contributed by atoms with Crippen molar-refractivity contribution in [3.05, 3.63) is 0 Å². The Bertz CT molecular complexity index is 197. The Morgan fingerprint density at radius 1 is 1.06 bits per heavy atom. The molecule has 0 heterocycles. The van der Waals surface area contributed by atoms with Crippen LogP contribution in [0.4, 0.5) is 0 Å². The van der Waals surface area contributed by atoms with Crippen molar-refractivity contribution in [2.24, 2.45) is 0 Å². The fourth-order valence-corrected chi connectivity index (χ4v) is 1.85. The van der Waals surface area contributed by atoms with Gasteiger partial charge in [-0.3, -0.25) is 4.79 Å². The van der Waals surface area contributed by atoms with E-state index in [2.05, 4.69) is 6.92 Å². The average molecular weight is 259 g/mol. The molecule has 0 aliphatic heterocycles. The number of carbonyl (C=O) groups excluding carboxylic acids is 1. The van der Waals surface area contributed by atoms with Gasteiger partial charge in [0.1, 0.15) is 0 Å². The Morgan fingerprint density at radius 3 is 2.33 bits per heavy atom. The number of amides is 1. The molecule has 0 fully saturated rings. The van der Waals surface area contributed by atoms with E-state index in [9.17, 15) is 4.79 Å². The van der Waals surface area contributed by atoms with E-state index in [1.165, 1.54) is 32.1 Å². The Balaban J connectivity index is 3.54. The molecule has 0 atom stereocenters. The smallest absolute Gasteiger partial charge is 0.219 e. The van der Waals surface area contributed by atoms with E-state index in [1.807, 2.05) is 4.90 Å². The molecule has 0 rings (SSSR count). The van der Waals surface area contributed by atoms with Gasteiger partial charge in [0.2, 0.25) is 5.91 Å². The third-order valence-electron chi connectivity index (χ3n) is 2.97. The third kappa shape index (κ3) is 10.5. The zero-order valence-corrected chi connectivity index (χ0v) is 12.0. The minimum absolute atomic E-state index is 0.0392. The predicted octanol–water partition coefficient (Wildman–Crippen LogP) is 2.20. The molecule has 0 radical (unpaired) electrons. The molecule has 18 heavy (non-hydrogen) atoms. The maximum absolute atomic E-state index is 11.4. The van der Waals surface area contributed by atoms with Gasteiger partial charge in [-0.25, -0.2) is 0 Å². The summed E-state index contributed by atoms with van der Waals surface area (Å²) in [5.74, 6) is 0.108. The lowest BCUT2D eigenvalue weighted by molar-refractivity contribution is -0.129. The minimum atomic E-state index is 0.0392. The highest BCUT2D eigenvalue weighted by atomic mass is 16.5. The average Bonchev–Trinajstić information content (AvgIpc) is 2.35. The highest BCUT2D eigenvalue weighted by Gasteiger charge is 2.07. The van der Waals surface area contributed by atoms with E-state index < -0.39 is 0 Å². The normalized spacial score (nSPS) is 10.6. The summed E-state index contributed by atoms with van der Waals surface area (Å²) in [5.41, 5.74) is 0. The lowest BCUT2D eigenvalue weighted by atomic mass is 10.1. The van der Waals surface area contributed by atoms with E-state index in [0.29, 0.717) is 19.8 Å². The summed E-state index contributed by atoms with van der Waals surface area (Å²) >= 11 is 0. The van der Waals surface area contributed by atoms with Gasteiger partial charge in [-0.05, 0) is 6.42 Å². The van der Waals surface area contributed by atoms with Gasteiger partial charge >= 0.3 is 0 Å². The van der Waals surface area contributed by atoms with Gasteiger partial charge in [0.25, 0.3) is 0 Å². The first-order chi connectivity index (χ1) is 8.72. The number of aliphatic hydroxyl groups is 1. The lowest BCUT2D eigenvalue weighted by Gasteiger charge is -2.20. The zero-order chi connectivity index (χ0) is 13.6. The van der Waals surface area contributed by atoms with Crippen LogP contribution >= 0.6 is 0 Å². The molecule has 1 amide bonds. The quantitative estimate of drug-likeness (QED) is 0.547. The Hall–Kier alpha value is -0.610. The van der Waals surface area contributed by atoms with E-state index in [4.69, 9.17) is 9.84 Å². The fourth-order valence-electron chi connectivity index (χ4n) is 1.85. The van der Waals surface area contributed by atoms with Crippen molar-refractivity contribution in [2.75, 3.05) is 32.9 Å². The van der Waals surface area contributed by atoms with Crippen molar-refractivity contribution in [1.29, 1.82) is 0 Å². The first-order valence-electron chi connectivity index (χ1n) is 7.16. The molecule has 108 valence electrons. The van der Waals surface area contributed by atoms with E-state index in [0.717, 1.165) is 13.0 Å². The van der Waals surface area contributed by atoms with E-state index in [1.54, 1.807) is 6.92 Å². The highest BCUT2D eigenvalue weighted by molar-refractivity contribution is 5.73. The molecule has 0 unspecified atom stereocenters. The first-order valence-corrected chi connectivity index (χ1v) is 7.16. The SMILES string of the molecule is CCCCCCCCN(CCOCCO)C(C)=O. The van der Waals surface area contributed by atoms with Crippen LogP contribution in [0.5, 0.6) is 0 Å². The second-order valence-electron chi connectivity index (χ2n) is 4.61. The number of aliphatic hydroxyl groups excluding tert-OH is 1. The van der Waals surface area contributed by atoms with Gasteiger partial charge in [0.15, 0.2) is 0 Å². The molecule has 0 bridgehead atoms. The predicted molar refractivity (Wildman–Crippen MR) is 73.5 cm³/mol. The van der Waals surface area contributed by atoms with E-state index >= 15 is 0 Å². The van der Waals surface area contributed by atoms with Crippen molar-refractivity contribution in [2.45, 2.75) is 52.4 Å². The topological polar surface area (TPSA) is 49.8 Å². The van der Waals surface area contributed by atoms with Crippen LogP contribution in [-0.4, -0.2) is 48.8 Å². The number of carbonyl (C=O) groups is 1. The van der Waals surface area contributed by atoms with Crippen LogP contribution in [0.1, 0.15) is 52.4 Å². The number of hydrogen-bond acceptors (Lipinski definition) is 3. The number of hydrogen-bond donors (Lipinski definition) is 1. The van der Waals surface area contributed by atoms with Gasteiger partial charge in [0.05, 0.1) is 19.8 Å². The van der Waals surface area contributed by atoms with Crippen molar-refractivity contribution >= 4 is 5.91 Å². The minimum Gasteiger partial charge on any atom is -0.394 e. The maximum atomic E-state index is 11.4. The molecule has 0 aromatic heterocycles. The second-order valence-corrected chi connectivity index (χ2v) is 4.61. The molecule has 4 heteroatoms. The molecular weight excluding hydrogens is 230 g/mol. The Morgan fingerprint density at radius 2 is 1.72 bits per heavy atom. The summed E-state index contributed by atoms with van der Waals surface area (Å²) in [4.78, 5) is 13.2. The van der Waals surface area contributed by atoms with Crippen LogP contribution in [0.25, 0.3) is 0 Å². The summed E-state index contributed by atoms with van der Waals surface area (Å²) in [6.45, 7) is 6.16. The van der Waals surface area contributed by atoms with Crippen LogP contribution in [0.2, 0.25) is 0 Å². The molecule has 0 saturated heterocycles. The third-order valence-corrected chi connectivity index (χ3v) is 2.97. The van der Waals surface area contributed by atoms with Crippen molar-refractivity contribution in [1.82, 2.24) is 4.90 Å². The van der Waals surface area contributed by atoms with E-state index in [-0.39, 0.29) is 12.5 Å². The molecule has 0 saturated carbocycles. The summed E-state index contributed by atoms with van der Waals surface area (Å²) in [5, 5.41) is 8.58.